The van der Waals surface area contributed by atoms with Crippen molar-refractivity contribution in [2.24, 2.45) is 29.4 Å². The van der Waals surface area contributed by atoms with Crippen LogP contribution in [0, 0.1) is 37.5 Å². The zero-order valence-electron chi connectivity index (χ0n) is 27.5. The average molecular weight is 625 g/mol. The van der Waals surface area contributed by atoms with Gasteiger partial charge in [-0.3, -0.25) is 19.2 Å². The van der Waals surface area contributed by atoms with Crippen LogP contribution >= 0.6 is 0 Å². The number of carbonyl (C=O) groups excluding carboxylic acids is 5. The standard InChI is InChI=1S/C30H52N6O8/c1-15(2)10-21(24(37)11-18(7)27(39)36-26(17(5)6)29(41)32-13-16(3)4)34-28(40)22(12-25(31)38)35-30(42)43-14-23-19(8)44-20(9)33-23/h15-18,21-22,24,26,37H,10-14H2,1-9H3,(H2,31,38)(H,32,41)(H,34,40)(H,35,42)(H,36,39). The van der Waals surface area contributed by atoms with Crippen LogP contribution in [-0.2, 0) is 30.5 Å². The third kappa shape index (κ3) is 13.7. The van der Waals surface area contributed by atoms with Gasteiger partial charge in [-0.25, -0.2) is 9.78 Å². The zero-order valence-corrected chi connectivity index (χ0v) is 27.5. The average Bonchev–Trinajstić information content (AvgIpc) is 3.23. The number of nitrogens with zero attached hydrogens (tertiary/aromatic N) is 1. The summed E-state index contributed by atoms with van der Waals surface area (Å²) in [4.78, 5) is 67.2. The number of aromatic nitrogens is 1. The van der Waals surface area contributed by atoms with Gasteiger partial charge in [-0.05, 0) is 37.5 Å². The van der Waals surface area contributed by atoms with Crippen molar-refractivity contribution in [3.05, 3.63) is 17.3 Å². The number of hydrogen-bond acceptors (Lipinski definition) is 9. The van der Waals surface area contributed by atoms with Crippen LogP contribution < -0.4 is 27.0 Å². The zero-order chi connectivity index (χ0) is 33.7. The first-order valence-corrected chi connectivity index (χ1v) is 15.1. The number of aryl methyl sites for hydroxylation is 2. The number of nitrogens with two attached hydrogens (primary N) is 1. The van der Waals surface area contributed by atoms with Crippen LogP contribution in [0.25, 0.3) is 0 Å². The highest BCUT2D eigenvalue weighted by Gasteiger charge is 2.32. The molecule has 0 aliphatic carbocycles. The number of oxazole rings is 1. The number of alkyl carbamates (subject to hydrolysis) is 1. The van der Waals surface area contributed by atoms with Crippen LogP contribution in [0.15, 0.2) is 4.42 Å². The van der Waals surface area contributed by atoms with E-state index in [9.17, 15) is 29.1 Å². The lowest BCUT2D eigenvalue weighted by Gasteiger charge is -2.30. The van der Waals surface area contributed by atoms with E-state index in [0.717, 1.165) is 0 Å². The minimum atomic E-state index is -1.38. The Hall–Kier alpha value is -3.68. The van der Waals surface area contributed by atoms with E-state index in [2.05, 4.69) is 26.3 Å². The molecule has 1 aromatic heterocycles. The molecule has 0 spiro atoms. The molecule has 14 nitrogen and oxygen atoms in total. The van der Waals surface area contributed by atoms with Crippen molar-refractivity contribution in [2.75, 3.05) is 6.54 Å². The maximum absolute atomic E-state index is 13.2. The van der Waals surface area contributed by atoms with Crippen molar-refractivity contribution < 1.29 is 38.2 Å². The predicted molar refractivity (Wildman–Crippen MR) is 163 cm³/mol. The van der Waals surface area contributed by atoms with Gasteiger partial charge in [-0.15, -0.1) is 0 Å². The second-order valence-corrected chi connectivity index (χ2v) is 12.5. The highest BCUT2D eigenvalue weighted by Crippen LogP contribution is 2.17. The minimum absolute atomic E-state index is 0.0195. The Kier molecular flexibility index (Phi) is 15.9. The number of nitrogens with one attached hydrogen (secondary N) is 4. The Balaban J connectivity index is 2.91. The molecule has 7 N–H and O–H groups in total. The van der Waals surface area contributed by atoms with Gasteiger partial charge >= 0.3 is 6.09 Å². The summed E-state index contributed by atoms with van der Waals surface area (Å²) in [5.74, 6) is -1.98. The minimum Gasteiger partial charge on any atom is -0.446 e. The van der Waals surface area contributed by atoms with Gasteiger partial charge in [0.25, 0.3) is 0 Å². The summed E-state index contributed by atoms with van der Waals surface area (Å²) in [5, 5.41) is 21.8. The number of aliphatic hydroxyl groups excluding tert-OH is 1. The molecule has 250 valence electrons. The smallest absolute Gasteiger partial charge is 0.408 e. The van der Waals surface area contributed by atoms with Gasteiger partial charge in [-0.1, -0.05) is 48.5 Å². The Bertz CT molecular complexity index is 1120. The third-order valence-electron chi connectivity index (χ3n) is 6.84. The third-order valence-corrected chi connectivity index (χ3v) is 6.84. The van der Waals surface area contributed by atoms with Crippen LogP contribution in [0.1, 0.15) is 85.1 Å². The van der Waals surface area contributed by atoms with E-state index >= 15 is 0 Å². The maximum atomic E-state index is 13.2. The lowest BCUT2D eigenvalue weighted by atomic mass is 9.91. The molecule has 0 fully saturated rings. The number of primary amides is 1. The quantitative estimate of drug-likeness (QED) is 0.140. The SMILES string of the molecule is Cc1nc(COC(=O)NC(CC(N)=O)C(=O)NC(CC(C)C)C(O)CC(C)C(=O)NC(C(=O)NCC(C)C)C(C)C)c(C)o1. The molecule has 1 aromatic rings. The highest BCUT2D eigenvalue weighted by molar-refractivity contribution is 5.91. The van der Waals surface area contributed by atoms with Gasteiger partial charge in [0.05, 0.1) is 18.6 Å². The fourth-order valence-electron chi connectivity index (χ4n) is 4.42. The molecule has 0 bridgehead atoms. The molecular formula is C30H52N6O8. The summed E-state index contributed by atoms with van der Waals surface area (Å²) in [6.45, 7) is 16.6. The van der Waals surface area contributed by atoms with Gasteiger partial charge in [0.15, 0.2) is 5.89 Å². The number of aliphatic hydroxyl groups is 1. The van der Waals surface area contributed by atoms with Crippen molar-refractivity contribution in [1.29, 1.82) is 0 Å². The molecule has 0 aliphatic rings. The summed E-state index contributed by atoms with van der Waals surface area (Å²) in [7, 11) is 0. The van der Waals surface area contributed by atoms with E-state index in [0.29, 0.717) is 30.3 Å². The van der Waals surface area contributed by atoms with Crippen LogP contribution in [0.5, 0.6) is 0 Å². The van der Waals surface area contributed by atoms with Crippen molar-refractivity contribution >= 4 is 29.7 Å². The molecule has 0 radical (unpaired) electrons. The fourth-order valence-corrected chi connectivity index (χ4v) is 4.42. The van der Waals surface area contributed by atoms with Gasteiger partial charge in [0.1, 0.15) is 30.1 Å². The molecule has 0 aromatic carbocycles. The van der Waals surface area contributed by atoms with Crippen molar-refractivity contribution in [3.63, 3.8) is 0 Å². The topological polar surface area (TPSA) is 215 Å². The van der Waals surface area contributed by atoms with Gasteiger partial charge in [0, 0.05) is 19.4 Å². The molecule has 5 unspecified atom stereocenters. The van der Waals surface area contributed by atoms with Crippen molar-refractivity contribution in [1.82, 2.24) is 26.3 Å². The highest BCUT2D eigenvalue weighted by atomic mass is 16.5. The van der Waals surface area contributed by atoms with Gasteiger partial charge < -0.3 is 41.3 Å². The van der Waals surface area contributed by atoms with Gasteiger partial charge in [0.2, 0.25) is 23.6 Å². The Morgan fingerprint density at radius 1 is 0.886 bits per heavy atom. The lowest BCUT2D eigenvalue weighted by Crippen LogP contribution is -2.54. The van der Waals surface area contributed by atoms with Crippen LogP contribution in [0.3, 0.4) is 0 Å². The lowest BCUT2D eigenvalue weighted by molar-refractivity contribution is -0.132. The Morgan fingerprint density at radius 3 is 2.02 bits per heavy atom. The monoisotopic (exact) mass is 624 g/mol. The van der Waals surface area contributed by atoms with Crippen LogP contribution in [0.4, 0.5) is 4.79 Å². The summed E-state index contributed by atoms with van der Waals surface area (Å²) in [6, 6.07) is -2.94. The van der Waals surface area contributed by atoms with E-state index in [1.165, 1.54) is 0 Å². The summed E-state index contributed by atoms with van der Waals surface area (Å²) >= 11 is 0. The molecule has 1 heterocycles. The molecule has 44 heavy (non-hydrogen) atoms. The second-order valence-electron chi connectivity index (χ2n) is 12.5. The van der Waals surface area contributed by atoms with E-state index in [1.54, 1.807) is 20.8 Å². The molecule has 14 heteroatoms. The normalized spacial score (nSPS) is 14.8. The first-order valence-electron chi connectivity index (χ1n) is 15.1. The van der Waals surface area contributed by atoms with E-state index in [4.69, 9.17) is 14.9 Å². The number of ether oxygens (including phenoxy) is 1. The molecule has 5 amide bonds. The summed E-state index contributed by atoms with van der Waals surface area (Å²) in [5.41, 5.74) is 5.73. The molecule has 1 rings (SSSR count). The number of carbonyl (C=O) groups is 5. The first-order chi connectivity index (χ1) is 20.4. The molecular weight excluding hydrogens is 572 g/mol. The fraction of sp³-hybridized carbons (Fsp3) is 0.733. The second kappa shape index (κ2) is 18.2. The van der Waals surface area contributed by atoms with Crippen LogP contribution in [-0.4, -0.2) is 70.6 Å². The van der Waals surface area contributed by atoms with Crippen molar-refractivity contribution in [2.45, 2.75) is 112 Å². The number of hydrogen-bond donors (Lipinski definition) is 6. The predicted octanol–water partition coefficient (Wildman–Crippen LogP) is 1.59. The molecule has 0 saturated carbocycles. The van der Waals surface area contributed by atoms with E-state index < -0.39 is 60.4 Å². The van der Waals surface area contributed by atoms with E-state index in [-0.39, 0.29) is 36.7 Å². The molecule has 0 aliphatic heterocycles. The molecule has 0 saturated heterocycles. The molecule has 5 atom stereocenters. The maximum Gasteiger partial charge on any atom is 0.408 e. The van der Waals surface area contributed by atoms with Crippen LogP contribution in [0.2, 0.25) is 0 Å². The summed E-state index contributed by atoms with van der Waals surface area (Å²) in [6.07, 6.45) is -2.33. The Labute approximate surface area is 260 Å². The van der Waals surface area contributed by atoms with Gasteiger partial charge in [-0.2, -0.15) is 0 Å². The number of amides is 5. The largest absolute Gasteiger partial charge is 0.446 e. The number of rotatable bonds is 18. The Morgan fingerprint density at radius 2 is 1.52 bits per heavy atom. The first kappa shape index (κ1) is 38.3. The summed E-state index contributed by atoms with van der Waals surface area (Å²) < 4.78 is 10.4. The van der Waals surface area contributed by atoms with E-state index in [1.807, 2.05) is 41.5 Å². The van der Waals surface area contributed by atoms with Crippen molar-refractivity contribution in [3.8, 4) is 0 Å².